The number of β-lactam (4-membered cyclic amide) rings is 1. The SMILES string of the molecule is C[C@H]1C(S[C@@H]2CN[C@@H](C(=O)N(C)C)C2)C(C(=O)O)=NC1C(C(=O)N1C[C@@H](SC2=C(C(=O)[O-])N3C(=O)[C@H]([C@@H](C)O)[C@H]3[C@H]2C)C[C@H]1C(=O)N(C)C)[C@@H](C)O.[Na+]. The molecule has 13 atom stereocenters. The normalized spacial score (nSPS) is 33.8. The van der Waals surface area contributed by atoms with Crippen LogP contribution in [0, 0.1) is 23.7 Å². The molecule has 0 spiro atoms. The number of thioether (sulfide) groups is 2. The molecule has 0 bridgehead atoms. The van der Waals surface area contributed by atoms with Gasteiger partial charge in [0.2, 0.25) is 23.6 Å². The standard InChI is InChI=1S/C34H50N6O10S2.Na/c1-13-23(36-24(33(47)48)27(13)51-17-9-19(35-11-17)29(43)37(5)6)21(15(3)41)31(45)39-12-18(10-20(39)30(44)38(7)8)52-28-14(2)25-22(16(4)42)32(46)40(25)26(28)34(49)50;/h13-23,25,27,35,41-42H,9-12H2,1-8H3,(H,47,48)(H,49,50);/q;+1/p-1/t13-,14-,15-,16-,17+,18+,19-,20+,21?,22-,23?,25-,27?;/m1./s1. The number of nitrogens with one attached hydrogen (secondary N) is 1. The topological polar surface area (TPSA) is 224 Å². The first-order chi connectivity index (χ1) is 24.3. The van der Waals surface area contributed by atoms with Crippen molar-refractivity contribution in [1.29, 1.82) is 0 Å². The second-order valence-corrected chi connectivity index (χ2v) is 17.8. The summed E-state index contributed by atoms with van der Waals surface area (Å²) >= 11 is 2.56. The Morgan fingerprint density at radius 1 is 1.00 bits per heavy atom. The molecule has 4 amide bonds. The number of hydrogen-bond donors (Lipinski definition) is 4. The Morgan fingerprint density at radius 2 is 1.62 bits per heavy atom. The maximum absolute atomic E-state index is 14.6. The molecule has 0 radical (unpaired) electrons. The Balaban J connectivity index is 0.00000627. The number of carboxylic acids is 2. The molecule has 288 valence electrons. The Labute approximate surface area is 339 Å². The van der Waals surface area contributed by atoms with E-state index in [1.807, 2.05) is 0 Å². The number of amides is 4. The molecule has 0 aromatic carbocycles. The number of likely N-dealkylation sites (tertiary alicyclic amines) is 1. The minimum absolute atomic E-state index is 0. The molecule has 3 saturated heterocycles. The summed E-state index contributed by atoms with van der Waals surface area (Å²) in [5, 5.41) is 45.9. The van der Waals surface area contributed by atoms with Crippen molar-refractivity contribution in [2.45, 2.75) is 92.7 Å². The number of hydrogen-bond acceptors (Lipinski definition) is 13. The van der Waals surface area contributed by atoms with Crippen LogP contribution in [0.3, 0.4) is 0 Å². The van der Waals surface area contributed by atoms with E-state index in [2.05, 4.69) is 10.3 Å². The van der Waals surface area contributed by atoms with Gasteiger partial charge in [-0.25, -0.2) is 4.79 Å². The molecule has 0 saturated carbocycles. The summed E-state index contributed by atoms with van der Waals surface area (Å²) in [6, 6.07) is -2.85. The van der Waals surface area contributed by atoms with Crippen LogP contribution in [0.4, 0.5) is 0 Å². The summed E-state index contributed by atoms with van der Waals surface area (Å²) in [4.78, 5) is 88.7. The molecule has 3 unspecified atom stereocenters. The summed E-state index contributed by atoms with van der Waals surface area (Å²) in [5.41, 5.74) is -0.383. The molecule has 0 aromatic heterocycles. The van der Waals surface area contributed by atoms with Crippen LogP contribution in [-0.4, -0.2) is 170 Å². The average Bonchev–Trinajstić information content (AvgIpc) is 3.82. The summed E-state index contributed by atoms with van der Waals surface area (Å²) in [6.45, 7) is 6.98. The quantitative estimate of drug-likeness (QED) is 0.108. The maximum atomic E-state index is 14.6. The Hall–Kier alpha value is -2.19. The van der Waals surface area contributed by atoms with Crippen LogP contribution < -0.4 is 40.0 Å². The van der Waals surface area contributed by atoms with E-state index in [4.69, 9.17) is 0 Å². The molecule has 3 fully saturated rings. The molecule has 4 N–H and O–H groups in total. The van der Waals surface area contributed by atoms with Crippen molar-refractivity contribution in [2.75, 3.05) is 41.3 Å². The monoisotopic (exact) mass is 788 g/mol. The van der Waals surface area contributed by atoms with Crippen molar-refractivity contribution in [3.8, 4) is 0 Å². The van der Waals surface area contributed by atoms with Crippen molar-refractivity contribution in [1.82, 2.24) is 24.9 Å². The molecule has 0 aromatic rings. The number of nitrogens with zero attached hydrogens (tertiary/aromatic N) is 5. The van der Waals surface area contributed by atoms with Gasteiger partial charge in [-0.2, -0.15) is 0 Å². The van der Waals surface area contributed by atoms with E-state index in [1.165, 1.54) is 57.0 Å². The fourth-order valence-electron chi connectivity index (χ4n) is 8.40. The Kier molecular flexibility index (Phi) is 13.9. The average molecular weight is 789 g/mol. The maximum Gasteiger partial charge on any atom is 1.00 e. The minimum atomic E-state index is -1.53. The van der Waals surface area contributed by atoms with Gasteiger partial charge in [0.05, 0.1) is 59.1 Å². The minimum Gasteiger partial charge on any atom is -0.543 e. The number of aliphatic hydroxyl groups excluding tert-OH is 2. The molecular formula is C34H49N6NaO10S2. The summed E-state index contributed by atoms with van der Waals surface area (Å²) in [5.74, 6) is -7.21. The van der Waals surface area contributed by atoms with E-state index in [9.17, 15) is 49.2 Å². The zero-order valence-electron chi connectivity index (χ0n) is 31.6. The molecule has 5 aliphatic heterocycles. The predicted molar refractivity (Wildman–Crippen MR) is 191 cm³/mol. The van der Waals surface area contributed by atoms with Crippen LogP contribution in [0.5, 0.6) is 0 Å². The van der Waals surface area contributed by atoms with Gasteiger partial charge < -0.3 is 50.1 Å². The Morgan fingerprint density at radius 3 is 2.15 bits per heavy atom. The summed E-state index contributed by atoms with van der Waals surface area (Å²) < 4.78 is 0. The largest absolute Gasteiger partial charge is 1.00 e. The van der Waals surface area contributed by atoms with Gasteiger partial charge in [0.1, 0.15) is 11.8 Å². The van der Waals surface area contributed by atoms with Crippen LogP contribution in [0.1, 0.15) is 40.5 Å². The molecule has 5 rings (SSSR count). The molecule has 53 heavy (non-hydrogen) atoms. The van der Waals surface area contributed by atoms with Gasteiger partial charge >= 0.3 is 35.5 Å². The molecule has 0 aliphatic carbocycles. The molecule has 5 aliphatic rings. The first-order valence-corrected chi connectivity index (χ1v) is 19.3. The third-order valence-electron chi connectivity index (χ3n) is 11.0. The van der Waals surface area contributed by atoms with Crippen molar-refractivity contribution < 1.29 is 78.8 Å². The zero-order chi connectivity index (χ0) is 38.7. The van der Waals surface area contributed by atoms with E-state index in [-0.39, 0.29) is 71.0 Å². The number of aliphatic carboxylic acids is 2. The number of fused-ring (bicyclic) bond motifs is 1. The summed E-state index contributed by atoms with van der Waals surface area (Å²) in [6.07, 6.45) is -1.61. The van der Waals surface area contributed by atoms with Gasteiger partial charge in [-0.05, 0) is 32.6 Å². The van der Waals surface area contributed by atoms with Gasteiger partial charge in [0.25, 0.3) is 0 Å². The van der Waals surface area contributed by atoms with E-state index in [1.54, 1.807) is 42.0 Å². The van der Waals surface area contributed by atoms with Crippen LogP contribution in [-0.2, 0) is 28.8 Å². The molecular weight excluding hydrogens is 740 g/mol. The van der Waals surface area contributed by atoms with E-state index < -0.39 is 94.3 Å². The molecule has 16 nitrogen and oxygen atoms in total. The fourth-order valence-corrected chi connectivity index (χ4v) is 11.5. The van der Waals surface area contributed by atoms with E-state index in [0.29, 0.717) is 17.9 Å². The van der Waals surface area contributed by atoms with Crippen LogP contribution >= 0.6 is 23.5 Å². The number of likely N-dealkylation sites (N-methyl/N-ethyl adjacent to an activating group) is 2. The third kappa shape index (κ3) is 8.07. The van der Waals surface area contributed by atoms with Crippen molar-refractivity contribution in [3.63, 3.8) is 0 Å². The van der Waals surface area contributed by atoms with Gasteiger partial charge in [-0.1, -0.05) is 13.8 Å². The van der Waals surface area contributed by atoms with Gasteiger partial charge in [0.15, 0.2) is 0 Å². The first-order valence-electron chi connectivity index (χ1n) is 17.5. The van der Waals surface area contributed by atoms with Crippen LogP contribution in [0.25, 0.3) is 0 Å². The van der Waals surface area contributed by atoms with Crippen molar-refractivity contribution in [2.24, 2.45) is 28.7 Å². The number of rotatable bonds is 12. The fraction of sp³-hybridized carbons (Fsp3) is 0.735. The molecule has 5 heterocycles. The van der Waals surface area contributed by atoms with Crippen LogP contribution in [0.15, 0.2) is 15.6 Å². The molecule has 19 heteroatoms. The number of carboxylic acid groups (broad SMARTS) is 2. The van der Waals surface area contributed by atoms with Crippen molar-refractivity contribution >= 4 is 64.8 Å². The smallest absolute Gasteiger partial charge is 0.543 e. The number of aliphatic imine (C=N–C) groups is 1. The van der Waals surface area contributed by atoms with Gasteiger partial charge in [-0.3, -0.25) is 24.2 Å². The van der Waals surface area contributed by atoms with Gasteiger partial charge in [-0.15, -0.1) is 23.5 Å². The van der Waals surface area contributed by atoms with Crippen molar-refractivity contribution in [3.05, 3.63) is 10.6 Å². The van der Waals surface area contributed by atoms with Gasteiger partial charge in [0, 0.05) is 62.6 Å². The summed E-state index contributed by atoms with van der Waals surface area (Å²) in [7, 11) is 6.45. The number of aliphatic hydroxyl groups is 2. The predicted octanol–water partition coefficient (Wildman–Crippen LogP) is -4.94. The van der Waals surface area contributed by atoms with Crippen LogP contribution in [0.2, 0.25) is 0 Å². The zero-order valence-corrected chi connectivity index (χ0v) is 35.2. The van der Waals surface area contributed by atoms with E-state index >= 15 is 0 Å². The number of carbonyl (C=O) groups is 6. The second kappa shape index (κ2) is 16.9. The number of carbonyl (C=O) groups excluding carboxylic acids is 5. The second-order valence-electron chi connectivity index (χ2n) is 15.0. The van der Waals surface area contributed by atoms with E-state index in [0.717, 1.165) is 0 Å². The Bertz CT molecular complexity index is 1580. The third-order valence-corrected chi connectivity index (χ3v) is 14.2. The first kappa shape index (κ1) is 43.5.